The SMILES string of the molecule is CCCCN(C(=O)Cc1cccc(F)c1)c1c(N)n(CCCC)c(=O)[nH]c1=O. The Hall–Kier alpha value is -2.90. The average Bonchev–Trinajstić information content (AvgIpc) is 2.64. The predicted molar refractivity (Wildman–Crippen MR) is 108 cm³/mol. The van der Waals surface area contributed by atoms with E-state index in [0.717, 1.165) is 12.8 Å². The highest BCUT2D eigenvalue weighted by Gasteiger charge is 2.24. The Morgan fingerprint density at radius 1 is 1.21 bits per heavy atom. The third kappa shape index (κ3) is 5.09. The zero-order valence-corrected chi connectivity index (χ0v) is 16.3. The molecule has 1 amide bonds. The van der Waals surface area contributed by atoms with Crippen LogP contribution in [0.3, 0.4) is 0 Å². The molecule has 3 N–H and O–H groups in total. The number of aromatic nitrogens is 2. The molecule has 0 spiro atoms. The van der Waals surface area contributed by atoms with Crippen LogP contribution in [0.15, 0.2) is 33.9 Å². The number of benzene rings is 1. The Balaban J connectivity index is 2.45. The summed E-state index contributed by atoms with van der Waals surface area (Å²) in [5, 5.41) is 0. The molecule has 0 fully saturated rings. The molecule has 0 radical (unpaired) electrons. The van der Waals surface area contributed by atoms with E-state index in [-0.39, 0.29) is 30.4 Å². The molecule has 0 saturated heterocycles. The molecule has 0 unspecified atom stereocenters. The minimum Gasteiger partial charge on any atom is -0.383 e. The number of carbonyl (C=O) groups is 1. The van der Waals surface area contributed by atoms with Crippen molar-refractivity contribution in [2.24, 2.45) is 0 Å². The van der Waals surface area contributed by atoms with Gasteiger partial charge in [-0.25, -0.2) is 9.18 Å². The number of aromatic amines is 1. The number of carbonyl (C=O) groups excluding carboxylic acids is 1. The van der Waals surface area contributed by atoms with Gasteiger partial charge in [0.2, 0.25) is 5.91 Å². The Morgan fingerprint density at radius 2 is 1.93 bits per heavy atom. The first-order valence-electron chi connectivity index (χ1n) is 9.56. The van der Waals surface area contributed by atoms with E-state index in [4.69, 9.17) is 5.73 Å². The van der Waals surface area contributed by atoms with Crippen molar-refractivity contribution in [1.82, 2.24) is 9.55 Å². The Bertz CT molecular complexity index is 936. The van der Waals surface area contributed by atoms with Crippen LogP contribution in [0.4, 0.5) is 15.9 Å². The summed E-state index contributed by atoms with van der Waals surface area (Å²) in [6.07, 6.45) is 2.94. The molecule has 0 aliphatic heterocycles. The van der Waals surface area contributed by atoms with Crippen molar-refractivity contribution in [3.8, 4) is 0 Å². The van der Waals surface area contributed by atoms with E-state index < -0.39 is 17.1 Å². The molecular weight excluding hydrogens is 363 g/mol. The average molecular weight is 390 g/mol. The summed E-state index contributed by atoms with van der Waals surface area (Å²) in [6.45, 7) is 4.57. The summed E-state index contributed by atoms with van der Waals surface area (Å²) in [4.78, 5) is 41.2. The topological polar surface area (TPSA) is 101 Å². The monoisotopic (exact) mass is 390 g/mol. The number of nitrogens with two attached hydrogens (primary N) is 1. The van der Waals surface area contributed by atoms with Gasteiger partial charge >= 0.3 is 5.69 Å². The number of hydrogen-bond acceptors (Lipinski definition) is 4. The van der Waals surface area contributed by atoms with Gasteiger partial charge in [0.15, 0.2) is 5.69 Å². The highest BCUT2D eigenvalue weighted by atomic mass is 19.1. The third-order valence-corrected chi connectivity index (χ3v) is 4.50. The van der Waals surface area contributed by atoms with E-state index in [1.165, 1.54) is 27.7 Å². The predicted octanol–water partition coefficient (Wildman–Crippen LogP) is 2.43. The Labute approximate surface area is 163 Å². The van der Waals surface area contributed by atoms with E-state index in [1.807, 2.05) is 13.8 Å². The number of H-pyrrole nitrogens is 1. The summed E-state index contributed by atoms with van der Waals surface area (Å²) in [5.74, 6) is -0.835. The fraction of sp³-hybridized carbons (Fsp3) is 0.450. The van der Waals surface area contributed by atoms with Gasteiger partial charge in [-0.15, -0.1) is 0 Å². The summed E-state index contributed by atoms with van der Waals surface area (Å²) in [5.41, 5.74) is 5.34. The number of nitrogen functional groups attached to an aromatic ring is 1. The minimum absolute atomic E-state index is 0.0223. The quantitative estimate of drug-likeness (QED) is 0.687. The number of nitrogens with one attached hydrogen (secondary N) is 1. The molecule has 2 rings (SSSR count). The van der Waals surface area contributed by atoms with E-state index in [0.29, 0.717) is 24.9 Å². The van der Waals surface area contributed by atoms with Crippen LogP contribution in [0.1, 0.15) is 45.1 Å². The van der Waals surface area contributed by atoms with Gasteiger partial charge in [0.1, 0.15) is 11.6 Å². The number of unbranched alkanes of at least 4 members (excludes halogenated alkanes) is 2. The first-order valence-corrected chi connectivity index (χ1v) is 9.56. The van der Waals surface area contributed by atoms with Crippen LogP contribution in [0.5, 0.6) is 0 Å². The van der Waals surface area contributed by atoms with Gasteiger partial charge in [-0.05, 0) is 30.5 Å². The molecule has 0 saturated carbocycles. The number of amides is 1. The standard InChI is InChI=1S/C20H27FN4O3/c1-3-5-10-24(16(26)13-14-8-7-9-15(21)12-14)17-18(22)25(11-6-4-2)20(28)23-19(17)27/h7-9,12H,3-6,10-11,13,22H2,1-2H3,(H,23,27,28). The number of nitrogens with zero attached hydrogens (tertiary/aromatic N) is 2. The maximum absolute atomic E-state index is 13.5. The van der Waals surface area contributed by atoms with E-state index in [1.54, 1.807) is 6.07 Å². The molecule has 7 nitrogen and oxygen atoms in total. The minimum atomic E-state index is -0.695. The molecule has 1 heterocycles. The molecule has 0 aliphatic carbocycles. The number of hydrogen-bond donors (Lipinski definition) is 2. The van der Waals surface area contributed by atoms with E-state index >= 15 is 0 Å². The fourth-order valence-electron chi connectivity index (χ4n) is 2.97. The second-order valence-corrected chi connectivity index (χ2v) is 6.70. The lowest BCUT2D eigenvalue weighted by Crippen LogP contribution is -2.42. The molecular formula is C20H27FN4O3. The van der Waals surface area contributed by atoms with Crippen molar-refractivity contribution >= 4 is 17.4 Å². The van der Waals surface area contributed by atoms with Gasteiger partial charge < -0.3 is 10.6 Å². The van der Waals surface area contributed by atoms with Crippen molar-refractivity contribution in [3.63, 3.8) is 0 Å². The van der Waals surface area contributed by atoms with Crippen LogP contribution in [-0.4, -0.2) is 22.0 Å². The zero-order valence-electron chi connectivity index (χ0n) is 16.3. The highest BCUT2D eigenvalue weighted by Crippen LogP contribution is 2.19. The van der Waals surface area contributed by atoms with Crippen molar-refractivity contribution < 1.29 is 9.18 Å². The first kappa shape index (κ1) is 21.4. The molecule has 0 atom stereocenters. The second kappa shape index (κ2) is 9.87. The molecule has 8 heteroatoms. The van der Waals surface area contributed by atoms with Crippen LogP contribution in [0.25, 0.3) is 0 Å². The third-order valence-electron chi connectivity index (χ3n) is 4.50. The van der Waals surface area contributed by atoms with Gasteiger partial charge in [0, 0.05) is 13.1 Å². The lowest BCUT2D eigenvalue weighted by atomic mass is 10.1. The van der Waals surface area contributed by atoms with Gasteiger partial charge in [0.05, 0.1) is 6.42 Å². The lowest BCUT2D eigenvalue weighted by Gasteiger charge is -2.24. The summed E-state index contributed by atoms with van der Waals surface area (Å²) in [6, 6.07) is 5.76. The van der Waals surface area contributed by atoms with Crippen LogP contribution >= 0.6 is 0 Å². The molecule has 28 heavy (non-hydrogen) atoms. The molecule has 1 aromatic heterocycles. The summed E-state index contributed by atoms with van der Waals surface area (Å²) in [7, 11) is 0. The first-order chi connectivity index (χ1) is 13.4. The Kier molecular flexibility index (Phi) is 7.54. The van der Waals surface area contributed by atoms with Gasteiger partial charge in [-0.2, -0.15) is 0 Å². The van der Waals surface area contributed by atoms with Crippen LogP contribution in [-0.2, 0) is 17.8 Å². The van der Waals surface area contributed by atoms with Gasteiger partial charge in [-0.3, -0.25) is 19.1 Å². The molecule has 0 aliphatic rings. The normalized spacial score (nSPS) is 10.8. The smallest absolute Gasteiger partial charge is 0.330 e. The summed E-state index contributed by atoms with van der Waals surface area (Å²) >= 11 is 0. The fourth-order valence-corrected chi connectivity index (χ4v) is 2.97. The van der Waals surface area contributed by atoms with Crippen LogP contribution in [0.2, 0.25) is 0 Å². The lowest BCUT2D eigenvalue weighted by molar-refractivity contribution is -0.118. The molecule has 2 aromatic rings. The number of halogens is 1. The van der Waals surface area contributed by atoms with E-state index in [9.17, 15) is 18.8 Å². The maximum atomic E-state index is 13.5. The molecule has 152 valence electrons. The van der Waals surface area contributed by atoms with Crippen molar-refractivity contribution in [2.45, 2.75) is 52.5 Å². The highest BCUT2D eigenvalue weighted by molar-refractivity contribution is 5.96. The molecule has 1 aromatic carbocycles. The van der Waals surface area contributed by atoms with E-state index in [2.05, 4.69) is 4.98 Å². The van der Waals surface area contributed by atoms with Gasteiger partial charge in [0.25, 0.3) is 5.56 Å². The maximum Gasteiger partial charge on any atom is 0.330 e. The second-order valence-electron chi connectivity index (χ2n) is 6.70. The molecule has 0 bridgehead atoms. The van der Waals surface area contributed by atoms with Crippen molar-refractivity contribution in [1.29, 1.82) is 0 Å². The Morgan fingerprint density at radius 3 is 2.57 bits per heavy atom. The number of rotatable bonds is 9. The van der Waals surface area contributed by atoms with Crippen molar-refractivity contribution in [3.05, 3.63) is 56.5 Å². The van der Waals surface area contributed by atoms with Crippen LogP contribution < -0.4 is 21.9 Å². The summed E-state index contributed by atoms with van der Waals surface area (Å²) < 4.78 is 14.7. The largest absolute Gasteiger partial charge is 0.383 e. The zero-order chi connectivity index (χ0) is 20.7. The van der Waals surface area contributed by atoms with Crippen LogP contribution in [0, 0.1) is 5.82 Å². The van der Waals surface area contributed by atoms with Gasteiger partial charge in [-0.1, -0.05) is 38.8 Å². The number of anilines is 2. The van der Waals surface area contributed by atoms with Crippen molar-refractivity contribution in [2.75, 3.05) is 17.2 Å².